The van der Waals surface area contributed by atoms with E-state index in [0.29, 0.717) is 30.0 Å². The highest BCUT2D eigenvalue weighted by atomic mass is 16.5. The minimum absolute atomic E-state index is 0.140. The van der Waals surface area contributed by atoms with Crippen LogP contribution in [-0.4, -0.2) is 62.4 Å². The Bertz CT molecular complexity index is 1480. The van der Waals surface area contributed by atoms with Crippen LogP contribution in [0.3, 0.4) is 0 Å². The zero-order chi connectivity index (χ0) is 33.9. The van der Waals surface area contributed by atoms with Crippen LogP contribution in [-0.2, 0) is 12.0 Å². The number of ether oxygens (including phenoxy) is 1. The number of amides is 2. The molecule has 0 radical (unpaired) electrons. The quantitative estimate of drug-likeness (QED) is 0.165. The predicted octanol–water partition coefficient (Wildman–Crippen LogP) is 6.22. The van der Waals surface area contributed by atoms with Crippen LogP contribution in [0, 0.1) is 5.92 Å². The number of benzene rings is 3. The molecule has 0 spiro atoms. The summed E-state index contributed by atoms with van der Waals surface area (Å²) in [5.41, 5.74) is 3.41. The van der Waals surface area contributed by atoms with Crippen molar-refractivity contribution < 1.29 is 19.4 Å². The first-order valence-corrected chi connectivity index (χ1v) is 17.8. The number of hydrogen-bond acceptors (Lipinski definition) is 6. The van der Waals surface area contributed by atoms with E-state index in [9.17, 15) is 14.7 Å². The van der Waals surface area contributed by atoms with Crippen LogP contribution in [0.2, 0.25) is 0 Å². The van der Waals surface area contributed by atoms with Gasteiger partial charge in [-0.2, -0.15) is 0 Å². The maximum absolute atomic E-state index is 14.1. The number of anilines is 1. The number of carbonyl (C=O) groups is 2. The largest absolute Gasteiger partial charge is 0.497 e. The highest BCUT2D eigenvalue weighted by molar-refractivity contribution is 6.01. The van der Waals surface area contributed by atoms with Gasteiger partial charge in [0.05, 0.1) is 19.3 Å². The molecule has 2 fully saturated rings. The average molecular weight is 655 g/mol. The Labute approximate surface area is 286 Å². The molecule has 0 aromatic heterocycles. The van der Waals surface area contributed by atoms with Crippen molar-refractivity contribution in [3.63, 3.8) is 0 Å². The van der Waals surface area contributed by atoms with Gasteiger partial charge < -0.3 is 30.7 Å². The van der Waals surface area contributed by atoms with Crippen LogP contribution in [0.5, 0.6) is 5.75 Å². The first-order valence-electron chi connectivity index (χ1n) is 17.8. The molecule has 1 aliphatic heterocycles. The zero-order valence-corrected chi connectivity index (χ0v) is 29.0. The lowest BCUT2D eigenvalue weighted by Gasteiger charge is -2.32. The fraction of sp³-hybridized carbons (Fsp3) is 0.500. The van der Waals surface area contributed by atoms with E-state index in [1.807, 2.05) is 66.7 Å². The molecule has 2 atom stereocenters. The van der Waals surface area contributed by atoms with Crippen molar-refractivity contribution in [1.29, 1.82) is 0 Å². The molecule has 5 rings (SSSR count). The molecular formula is C40H54N4O4. The summed E-state index contributed by atoms with van der Waals surface area (Å²) < 4.78 is 5.42. The van der Waals surface area contributed by atoms with Crippen LogP contribution in [0.25, 0.3) is 0 Å². The van der Waals surface area contributed by atoms with Crippen LogP contribution in [0.4, 0.5) is 5.69 Å². The van der Waals surface area contributed by atoms with E-state index in [1.165, 1.54) is 25.7 Å². The van der Waals surface area contributed by atoms with Crippen LogP contribution < -0.4 is 25.6 Å². The van der Waals surface area contributed by atoms with E-state index in [2.05, 4.69) is 34.7 Å². The van der Waals surface area contributed by atoms with Crippen molar-refractivity contribution in [3.8, 4) is 5.75 Å². The van der Waals surface area contributed by atoms with Gasteiger partial charge in [0.25, 0.3) is 11.8 Å². The van der Waals surface area contributed by atoms with Crippen LogP contribution >= 0.6 is 0 Å². The number of methoxy groups -OCH3 is 1. The number of hydrogen-bond donors (Lipinski definition) is 4. The second-order valence-electron chi connectivity index (χ2n) is 14.1. The summed E-state index contributed by atoms with van der Waals surface area (Å²) in [6.07, 6.45) is 8.95. The van der Waals surface area contributed by atoms with E-state index in [1.54, 1.807) is 13.2 Å². The zero-order valence-electron chi connectivity index (χ0n) is 29.0. The molecule has 1 aliphatic carbocycles. The lowest BCUT2D eigenvalue weighted by molar-refractivity contribution is 0.0813. The van der Waals surface area contributed by atoms with Gasteiger partial charge >= 0.3 is 0 Å². The standard InChI is InChI=1S/C40H54N4O4/c1-40(2,33-18-13-19-35(26-33)48-3)42-28-37(45)36(22-29-14-7-4-8-15-29)43-39(47)32-23-31(24-34(25-32)44-20-11-6-12-21-44)38(46)41-27-30-16-9-5-10-17-30/h4,7-8,13-15,18-19,23-26,30,36-37,42,45H,5-6,9-12,16-17,20-22,27-28H2,1-3H3,(H,41,46)(H,43,47)/t36-,37+/m0/s1. The van der Waals surface area contributed by atoms with Crippen LogP contribution in [0.1, 0.15) is 97.1 Å². The number of nitrogens with one attached hydrogen (secondary N) is 3. The Kier molecular flexibility index (Phi) is 12.5. The first kappa shape index (κ1) is 35.4. The molecule has 1 saturated heterocycles. The summed E-state index contributed by atoms with van der Waals surface area (Å²) in [6, 6.07) is 22.7. The van der Waals surface area contributed by atoms with Gasteiger partial charge in [0.2, 0.25) is 0 Å². The maximum Gasteiger partial charge on any atom is 0.251 e. The monoisotopic (exact) mass is 654 g/mol. The molecule has 2 aliphatic rings. The third-order valence-electron chi connectivity index (χ3n) is 10.1. The number of aliphatic hydroxyl groups excluding tert-OH is 1. The molecule has 48 heavy (non-hydrogen) atoms. The van der Waals surface area contributed by atoms with Gasteiger partial charge in [-0.15, -0.1) is 0 Å². The van der Waals surface area contributed by atoms with E-state index >= 15 is 0 Å². The first-order chi connectivity index (χ1) is 23.2. The molecule has 3 aromatic rings. The lowest BCUT2D eigenvalue weighted by Crippen LogP contribution is -2.51. The van der Waals surface area contributed by atoms with E-state index < -0.39 is 17.7 Å². The van der Waals surface area contributed by atoms with Gasteiger partial charge in [0.1, 0.15) is 5.75 Å². The maximum atomic E-state index is 14.1. The fourth-order valence-corrected chi connectivity index (χ4v) is 6.96. The minimum atomic E-state index is -0.887. The number of aliphatic hydroxyl groups is 1. The second-order valence-corrected chi connectivity index (χ2v) is 14.1. The van der Waals surface area contributed by atoms with Gasteiger partial charge in [-0.1, -0.05) is 61.7 Å². The van der Waals surface area contributed by atoms with E-state index in [0.717, 1.165) is 61.3 Å². The molecular weight excluding hydrogens is 600 g/mol. The summed E-state index contributed by atoms with van der Waals surface area (Å²) in [4.78, 5) is 29.8. The summed E-state index contributed by atoms with van der Waals surface area (Å²) >= 11 is 0. The van der Waals surface area contributed by atoms with Crippen molar-refractivity contribution in [2.24, 2.45) is 5.92 Å². The van der Waals surface area contributed by atoms with Crippen LogP contribution in [0.15, 0.2) is 72.8 Å². The van der Waals surface area contributed by atoms with E-state index in [-0.39, 0.29) is 18.4 Å². The van der Waals surface area contributed by atoms with Crippen molar-refractivity contribution in [1.82, 2.24) is 16.0 Å². The molecule has 1 saturated carbocycles. The Morgan fingerprint density at radius 3 is 2.27 bits per heavy atom. The van der Waals surface area contributed by atoms with Gasteiger partial charge in [0, 0.05) is 48.5 Å². The average Bonchev–Trinajstić information content (AvgIpc) is 3.13. The molecule has 4 N–H and O–H groups in total. The van der Waals surface area contributed by atoms with Gasteiger partial charge in [-0.25, -0.2) is 0 Å². The molecule has 258 valence electrons. The third-order valence-corrected chi connectivity index (χ3v) is 10.1. The number of rotatable bonds is 14. The number of carbonyl (C=O) groups excluding carboxylic acids is 2. The second kappa shape index (κ2) is 17.0. The molecule has 0 bridgehead atoms. The fourth-order valence-electron chi connectivity index (χ4n) is 6.96. The predicted molar refractivity (Wildman–Crippen MR) is 193 cm³/mol. The van der Waals surface area contributed by atoms with Crippen molar-refractivity contribution >= 4 is 17.5 Å². The highest BCUT2D eigenvalue weighted by Crippen LogP contribution is 2.26. The molecule has 3 aromatic carbocycles. The molecule has 8 heteroatoms. The number of nitrogens with zero attached hydrogens (tertiary/aromatic N) is 1. The van der Waals surface area contributed by atoms with Crippen molar-refractivity contribution in [3.05, 3.63) is 95.1 Å². The third kappa shape index (κ3) is 9.83. The van der Waals surface area contributed by atoms with Gasteiger partial charge in [-0.05, 0) is 99.7 Å². The molecule has 2 amide bonds. The molecule has 0 unspecified atom stereocenters. The number of piperidine rings is 1. The lowest BCUT2D eigenvalue weighted by atomic mass is 9.89. The Morgan fingerprint density at radius 2 is 1.56 bits per heavy atom. The molecule has 1 heterocycles. The Morgan fingerprint density at radius 1 is 0.875 bits per heavy atom. The van der Waals surface area contributed by atoms with Crippen molar-refractivity contribution in [2.75, 3.05) is 38.2 Å². The normalized spacial score (nSPS) is 17.0. The minimum Gasteiger partial charge on any atom is -0.497 e. The Hall–Kier alpha value is -3.88. The molecule has 8 nitrogen and oxygen atoms in total. The smallest absolute Gasteiger partial charge is 0.251 e. The topological polar surface area (TPSA) is 103 Å². The highest BCUT2D eigenvalue weighted by Gasteiger charge is 2.28. The summed E-state index contributed by atoms with van der Waals surface area (Å²) in [5.74, 6) is 0.838. The summed E-state index contributed by atoms with van der Waals surface area (Å²) in [5, 5.41) is 21.4. The SMILES string of the molecule is COc1cccc(C(C)(C)NC[C@@H](O)[C@H](Cc2ccccc2)NC(=O)c2cc(C(=O)NCC3CCCCC3)cc(N3CCCCC3)c2)c1. The van der Waals surface area contributed by atoms with Gasteiger partial charge in [-0.3, -0.25) is 9.59 Å². The van der Waals surface area contributed by atoms with Crippen molar-refractivity contribution in [2.45, 2.75) is 89.3 Å². The summed E-state index contributed by atoms with van der Waals surface area (Å²) in [6.45, 7) is 6.85. The van der Waals surface area contributed by atoms with E-state index in [4.69, 9.17) is 4.74 Å². The summed E-state index contributed by atoms with van der Waals surface area (Å²) in [7, 11) is 1.65. The van der Waals surface area contributed by atoms with Gasteiger partial charge in [0.15, 0.2) is 0 Å². The Balaban J connectivity index is 1.35.